The molecule has 2 heterocycles. The first-order chi connectivity index (χ1) is 11.2. The van der Waals surface area contributed by atoms with E-state index in [1.165, 1.54) is 5.56 Å². The third-order valence-electron chi connectivity index (χ3n) is 3.66. The molecule has 1 aliphatic heterocycles. The molecule has 0 spiro atoms. The lowest BCUT2D eigenvalue weighted by Gasteiger charge is -2.21. The molecule has 120 valence electrons. The largest absolute Gasteiger partial charge is 0.494 e. The Kier molecular flexibility index (Phi) is 4.96. The summed E-state index contributed by atoms with van der Waals surface area (Å²) in [5, 5.41) is 0. The summed E-state index contributed by atoms with van der Waals surface area (Å²) >= 11 is 3.48. The van der Waals surface area contributed by atoms with E-state index in [9.17, 15) is 0 Å². The highest BCUT2D eigenvalue weighted by molar-refractivity contribution is 9.10. The molecule has 0 N–H and O–H groups in total. The van der Waals surface area contributed by atoms with Crippen LogP contribution in [0.3, 0.4) is 0 Å². The highest BCUT2D eigenvalue weighted by Crippen LogP contribution is 2.33. The molecule has 5 heteroatoms. The number of ether oxygens (including phenoxy) is 2. The molecule has 2 aromatic rings. The van der Waals surface area contributed by atoms with Crippen LogP contribution >= 0.6 is 15.9 Å². The predicted molar refractivity (Wildman–Crippen MR) is 94.9 cm³/mol. The number of aromatic nitrogens is 1. The standard InChI is InChI=1S/C18H19BrN2O2/c1-3-22-14-8-16-15(17(9-14)23-4-2)5-6-21-18(16)12-7-13(19)11-20-10-12/h7-11H,3-6H2,1-2H3. The van der Waals surface area contributed by atoms with Gasteiger partial charge < -0.3 is 9.47 Å². The van der Waals surface area contributed by atoms with Crippen LogP contribution in [0.25, 0.3) is 0 Å². The van der Waals surface area contributed by atoms with E-state index < -0.39 is 0 Å². The Bertz CT molecular complexity index is 744. The Morgan fingerprint density at radius 2 is 1.91 bits per heavy atom. The summed E-state index contributed by atoms with van der Waals surface area (Å²) in [7, 11) is 0. The number of aliphatic imine (C=N–C) groups is 1. The fourth-order valence-corrected chi connectivity index (χ4v) is 3.14. The van der Waals surface area contributed by atoms with Gasteiger partial charge in [0.05, 0.1) is 18.9 Å². The maximum absolute atomic E-state index is 5.84. The van der Waals surface area contributed by atoms with Crippen LogP contribution in [0, 0.1) is 0 Å². The zero-order chi connectivity index (χ0) is 16.2. The van der Waals surface area contributed by atoms with Gasteiger partial charge in [0, 0.05) is 46.2 Å². The van der Waals surface area contributed by atoms with E-state index in [0.717, 1.165) is 45.8 Å². The second kappa shape index (κ2) is 7.13. The third-order valence-corrected chi connectivity index (χ3v) is 4.09. The number of nitrogens with zero attached hydrogens (tertiary/aromatic N) is 2. The molecule has 4 nitrogen and oxygen atoms in total. The van der Waals surface area contributed by atoms with E-state index in [4.69, 9.17) is 14.5 Å². The summed E-state index contributed by atoms with van der Waals surface area (Å²) in [6.45, 7) is 5.98. The van der Waals surface area contributed by atoms with Gasteiger partial charge >= 0.3 is 0 Å². The predicted octanol–water partition coefficient (Wildman–Crippen LogP) is 4.04. The van der Waals surface area contributed by atoms with E-state index in [2.05, 4.69) is 27.0 Å². The first kappa shape index (κ1) is 16.0. The van der Waals surface area contributed by atoms with Gasteiger partial charge in [-0.25, -0.2) is 0 Å². The van der Waals surface area contributed by atoms with Gasteiger partial charge in [-0.3, -0.25) is 9.98 Å². The van der Waals surface area contributed by atoms with Crippen LogP contribution in [0.2, 0.25) is 0 Å². The van der Waals surface area contributed by atoms with Crippen molar-refractivity contribution in [1.82, 2.24) is 4.98 Å². The van der Waals surface area contributed by atoms with Gasteiger partial charge in [-0.2, -0.15) is 0 Å². The molecule has 0 unspecified atom stereocenters. The van der Waals surface area contributed by atoms with Gasteiger partial charge in [-0.15, -0.1) is 0 Å². The zero-order valence-corrected chi connectivity index (χ0v) is 14.9. The molecule has 0 radical (unpaired) electrons. The van der Waals surface area contributed by atoms with Crippen molar-refractivity contribution < 1.29 is 9.47 Å². The lowest BCUT2D eigenvalue weighted by Crippen LogP contribution is -2.16. The average Bonchev–Trinajstić information content (AvgIpc) is 2.55. The minimum Gasteiger partial charge on any atom is -0.494 e. The van der Waals surface area contributed by atoms with Crippen LogP contribution in [0.5, 0.6) is 11.5 Å². The molecule has 0 bridgehead atoms. The van der Waals surface area contributed by atoms with Crippen LogP contribution in [0.15, 0.2) is 40.1 Å². The minimum atomic E-state index is 0.620. The number of halogens is 1. The fourth-order valence-electron chi connectivity index (χ4n) is 2.78. The highest BCUT2D eigenvalue weighted by Gasteiger charge is 2.21. The Balaban J connectivity index is 2.12. The van der Waals surface area contributed by atoms with Crippen molar-refractivity contribution in [2.24, 2.45) is 4.99 Å². The van der Waals surface area contributed by atoms with E-state index in [0.29, 0.717) is 13.2 Å². The SMILES string of the molecule is CCOc1cc(OCC)c2c(c1)C(c1cncc(Br)c1)=NCC2. The van der Waals surface area contributed by atoms with Crippen molar-refractivity contribution in [2.75, 3.05) is 19.8 Å². The Morgan fingerprint density at radius 1 is 1.09 bits per heavy atom. The molecule has 1 aromatic carbocycles. The molecule has 0 atom stereocenters. The lowest BCUT2D eigenvalue weighted by atomic mass is 9.93. The van der Waals surface area contributed by atoms with Crippen molar-refractivity contribution >= 4 is 21.6 Å². The van der Waals surface area contributed by atoms with Gasteiger partial charge in [0.15, 0.2) is 0 Å². The molecule has 3 rings (SSSR count). The number of benzene rings is 1. The zero-order valence-electron chi connectivity index (χ0n) is 13.3. The average molecular weight is 375 g/mol. The molecule has 0 amide bonds. The number of pyridine rings is 1. The molecule has 23 heavy (non-hydrogen) atoms. The second-order valence-corrected chi connectivity index (χ2v) is 6.10. The van der Waals surface area contributed by atoms with Crippen LogP contribution in [-0.4, -0.2) is 30.5 Å². The number of fused-ring (bicyclic) bond motifs is 1. The van der Waals surface area contributed by atoms with Crippen LogP contribution in [0.4, 0.5) is 0 Å². The highest BCUT2D eigenvalue weighted by atomic mass is 79.9. The molecule has 0 saturated carbocycles. The molecule has 0 saturated heterocycles. The quantitative estimate of drug-likeness (QED) is 0.793. The summed E-state index contributed by atoms with van der Waals surface area (Å²) in [4.78, 5) is 8.99. The topological polar surface area (TPSA) is 43.7 Å². The van der Waals surface area contributed by atoms with Crippen LogP contribution in [0.1, 0.15) is 30.5 Å². The van der Waals surface area contributed by atoms with Gasteiger partial charge in [0.2, 0.25) is 0 Å². The van der Waals surface area contributed by atoms with Crippen LogP contribution < -0.4 is 9.47 Å². The Labute approximate surface area is 144 Å². The molecule has 1 aromatic heterocycles. The molecule has 0 fully saturated rings. The summed E-state index contributed by atoms with van der Waals surface area (Å²) in [6.07, 6.45) is 4.49. The monoisotopic (exact) mass is 374 g/mol. The lowest BCUT2D eigenvalue weighted by molar-refractivity contribution is 0.320. The van der Waals surface area contributed by atoms with Gasteiger partial charge in [0.1, 0.15) is 11.5 Å². The normalized spacial score (nSPS) is 13.3. The fraction of sp³-hybridized carbons (Fsp3) is 0.333. The van der Waals surface area contributed by atoms with Gasteiger partial charge in [-0.05, 0) is 48.3 Å². The maximum atomic E-state index is 5.84. The van der Waals surface area contributed by atoms with Crippen molar-refractivity contribution in [2.45, 2.75) is 20.3 Å². The van der Waals surface area contributed by atoms with Crippen molar-refractivity contribution in [1.29, 1.82) is 0 Å². The van der Waals surface area contributed by atoms with Crippen molar-refractivity contribution in [3.63, 3.8) is 0 Å². The minimum absolute atomic E-state index is 0.620. The van der Waals surface area contributed by atoms with Gasteiger partial charge in [0.25, 0.3) is 0 Å². The molecule has 0 aliphatic carbocycles. The second-order valence-electron chi connectivity index (χ2n) is 5.19. The summed E-state index contributed by atoms with van der Waals surface area (Å²) < 4.78 is 12.5. The third kappa shape index (κ3) is 3.39. The van der Waals surface area contributed by atoms with E-state index >= 15 is 0 Å². The molecule has 1 aliphatic rings. The number of hydrogen-bond donors (Lipinski definition) is 0. The van der Waals surface area contributed by atoms with Crippen LogP contribution in [-0.2, 0) is 6.42 Å². The summed E-state index contributed by atoms with van der Waals surface area (Å²) in [5.41, 5.74) is 4.21. The smallest absolute Gasteiger partial charge is 0.126 e. The number of hydrogen-bond acceptors (Lipinski definition) is 4. The maximum Gasteiger partial charge on any atom is 0.126 e. The van der Waals surface area contributed by atoms with Crippen molar-refractivity contribution in [3.05, 3.63) is 51.8 Å². The van der Waals surface area contributed by atoms with E-state index in [1.54, 1.807) is 6.20 Å². The first-order valence-corrected chi connectivity index (χ1v) is 8.60. The molecular formula is C18H19BrN2O2. The summed E-state index contributed by atoms with van der Waals surface area (Å²) in [5.74, 6) is 1.70. The summed E-state index contributed by atoms with van der Waals surface area (Å²) in [6, 6.07) is 6.07. The molecular weight excluding hydrogens is 356 g/mol. The van der Waals surface area contributed by atoms with E-state index in [1.807, 2.05) is 32.2 Å². The first-order valence-electron chi connectivity index (χ1n) is 7.81. The Morgan fingerprint density at radius 3 is 2.65 bits per heavy atom. The van der Waals surface area contributed by atoms with Crippen molar-refractivity contribution in [3.8, 4) is 11.5 Å². The van der Waals surface area contributed by atoms with Gasteiger partial charge in [-0.1, -0.05) is 0 Å². The Hall–Kier alpha value is -1.88. The van der Waals surface area contributed by atoms with E-state index in [-0.39, 0.29) is 0 Å². The number of rotatable bonds is 5.